The second-order valence-corrected chi connectivity index (χ2v) is 8.49. The lowest BCUT2D eigenvalue weighted by Gasteiger charge is -2.40. The first-order chi connectivity index (χ1) is 9.95. The van der Waals surface area contributed by atoms with Crippen LogP contribution >= 0.6 is 0 Å². The van der Waals surface area contributed by atoms with Crippen molar-refractivity contribution in [3.63, 3.8) is 0 Å². The Balaban J connectivity index is 1.97. The third kappa shape index (κ3) is 4.16. The predicted octanol–water partition coefficient (Wildman–Crippen LogP) is 0.318. The van der Waals surface area contributed by atoms with Gasteiger partial charge in [0.05, 0.1) is 0 Å². The standard InChI is InChI=1S/C14H30N4O2S/c1-16(2)12-13-6-9-17(10-7-13)21(19,20)18-8-4-3-5-14(18)11-15/h13-14H,3-12,15H2,1-2H3. The van der Waals surface area contributed by atoms with E-state index in [0.29, 0.717) is 32.1 Å². The highest BCUT2D eigenvalue weighted by atomic mass is 32.2. The number of nitrogens with two attached hydrogens (primary N) is 1. The van der Waals surface area contributed by atoms with Crippen LogP contribution in [0.4, 0.5) is 0 Å². The SMILES string of the molecule is CN(C)CC1CCN(S(=O)(=O)N2CCCCC2CN)CC1. The normalized spacial score (nSPS) is 27.3. The van der Waals surface area contributed by atoms with Crippen molar-refractivity contribution in [2.45, 2.75) is 38.1 Å². The van der Waals surface area contributed by atoms with Crippen LogP contribution < -0.4 is 5.73 Å². The number of nitrogens with zero attached hydrogens (tertiary/aromatic N) is 3. The van der Waals surface area contributed by atoms with E-state index in [2.05, 4.69) is 19.0 Å². The zero-order valence-corrected chi connectivity index (χ0v) is 14.2. The average molecular weight is 318 g/mol. The van der Waals surface area contributed by atoms with Crippen LogP contribution in [0.25, 0.3) is 0 Å². The summed E-state index contributed by atoms with van der Waals surface area (Å²) in [5, 5.41) is 0. The lowest BCUT2D eigenvalue weighted by Crippen LogP contribution is -2.54. The summed E-state index contributed by atoms with van der Waals surface area (Å²) in [4.78, 5) is 2.18. The quantitative estimate of drug-likeness (QED) is 0.792. The van der Waals surface area contributed by atoms with Gasteiger partial charge in [-0.3, -0.25) is 0 Å². The third-order valence-corrected chi connectivity index (χ3v) is 6.76. The average Bonchev–Trinajstić information content (AvgIpc) is 2.47. The predicted molar refractivity (Wildman–Crippen MR) is 85.2 cm³/mol. The van der Waals surface area contributed by atoms with Gasteiger partial charge in [0.15, 0.2) is 0 Å². The summed E-state index contributed by atoms with van der Waals surface area (Å²) >= 11 is 0. The van der Waals surface area contributed by atoms with Gasteiger partial charge in [-0.05, 0) is 45.7 Å². The molecule has 0 radical (unpaired) electrons. The molecule has 2 fully saturated rings. The molecule has 21 heavy (non-hydrogen) atoms. The highest BCUT2D eigenvalue weighted by Crippen LogP contribution is 2.26. The van der Waals surface area contributed by atoms with Crippen LogP contribution in [0.3, 0.4) is 0 Å². The largest absolute Gasteiger partial charge is 0.329 e. The van der Waals surface area contributed by atoms with Gasteiger partial charge in [0.1, 0.15) is 0 Å². The molecule has 2 aliphatic rings. The van der Waals surface area contributed by atoms with Crippen LogP contribution in [0.1, 0.15) is 32.1 Å². The summed E-state index contributed by atoms with van der Waals surface area (Å²) in [7, 11) is 0.819. The van der Waals surface area contributed by atoms with Crippen LogP contribution in [0.2, 0.25) is 0 Å². The zero-order chi connectivity index (χ0) is 15.5. The Kier molecular flexibility index (Phi) is 6.02. The molecule has 0 aromatic heterocycles. The van der Waals surface area contributed by atoms with Crippen molar-refractivity contribution in [2.24, 2.45) is 11.7 Å². The van der Waals surface area contributed by atoms with Crippen molar-refractivity contribution in [3.8, 4) is 0 Å². The molecular formula is C14H30N4O2S. The van der Waals surface area contributed by atoms with Crippen molar-refractivity contribution in [1.29, 1.82) is 0 Å². The van der Waals surface area contributed by atoms with Crippen LogP contribution in [-0.2, 0) is 10.2 Å². The van der Waals surface area contributed by atoms with Crippen molar-refractivity contribution >= 4 is 10.2 Å². The molecule has 2 heterocycles. The Morgan fingerprint density at radius 2 is 1.76 bits per heavy atom. The Morgan fingerprint density at radius 1 is 1.10 bits per heavy atom. The van der Waals surface area contributed by atoms with Crippen LogP contribution in [0.15, 0.2) is 0 Å². The van der Waals surface area contributed by atoms with Gasteiger partial charge in [-0.25, -0.2) is 0 Å². The van der Waals surface area contributed by atoms with Gasteiger partial charge >= 0.3 is 0 Å². The molecule has 1 atom stereocenters. The Bertz CT molecular complexity index is 419. The Morgan fingerprint density at radius 3 is 2.33 bits per heavy atom. The number of hydrogen-bond donors (Lipinski definition) is 1. The minimum atomic E-state index is -3.33. The third-order valence-electron chi connectivity index (χ3n) is 4.66. The molecule has 0 aromatic carbocycles. The van der Waals surface area contributed by atoms with E-state index in [-0.39, 0.29) is 6.04 Å². The van der Waals surface area contributed by atoms with Gasteiger partial charge in [-0.2, -0.15) is 17.0 Å². The summed E-state index contributed by atoms with van der Waals surface area (Å²) in [6, 6.07) is -0.0109. The van der Waals surface area contributed by atoms with E-state index in [4.69, 9.17) is 5.73 Å². The molecule has 124 valence electrons. The number of rotatable bonds is 5. The minimum absolute atomic E-state index is 0.0109. The summed E-state index contributed by atoms with van der Waals surface area (Å²) in [5.41, 5.74) is 5.77. The molecule has 0 spiro atoms. The van der Waals surface area contributed by atoms with Gasteiger partial charge in [0, 0.05) is 38.8 Å². The molecule has 1 unspecified atom stereocenters. The fraction of sp³-hybridized carbons (Fsp3) is 1.00. The van der Waals surface area contributed by atoms with Crippen LogP contribution in [0.5, 0.6) is 0 Å². The summed E-state index contributed by atoms with van der Waals surface area (Å²) in [6.07, 6.45) is 4.84. The molecule has 6 nitrogen and oxygen atoms in total. The molecular weight excluding hydrogens is 288 g/mol. The van der Waals surface area contributed by atoms with Crippen LogP contribution in [0, 0.1) is 5.92 Å². The molecule has 2 rings (SSSR count). The van der Waals surface area contributed by atoms with E-state index < -0.39 is 10.2 Å². The van der Waals surface area contributed by atoms with E-state index in [1.54, 1.807) is 8.61 Å². The molecule has 0 bridgehead atoms. The first-order valence-corrected chi connectivity index (χ1v) is 9.46. The van der Waals surface area contributed by atoms with E-state index in [0.717, 1.165) is 38.6 Å². The smallest absolute Gasteiger partial charge is 0.282 e. The second kappa shape index (κ2) is 7.37. The van der Waals surface area contributed by atoms with Gasteiger partial charge in [-0.1, -0.05) is 6.42 Å². The van der Waals surface area contributed by atoms with Gasteiger partial charge in [0.25, 0.3) is 10.2 Å². The second-order valence-electron chi connectivity index (χ2n) is 6.61. The maximum absolute atomic E-state index is 12.8. The van der Waals surface area contributed by atoms with Gasteiger partial charge in [-0.15, -0.1) is 0 Å². The molecule has 0 aromatic rings. The number of hydrogen-bond acceptors (Lipinski definition) is 4. The van der Waals surface area contributed by atoms with E-state index in [1.165, 1.54) is 0 Å². The molecule has 7 heteroatoms. The van der Waals surface area contributed by atoms with Crippen molar-refractivity contribution in [1.82, 2.24) is 13.5 Å². The van der Waals surface area contributed by atoms with Crippen molar-refractivity contribution < 1.29 is 8.42 Å². The molecule has 2 saturated heterocycles. The maximum Gasteiger partial charge on any atom is 0.282 e. The Hall–Kier alpha value is -0.210. The van der Waals surface area contributed by atoms with Crippen LogP contribution in [-0.4, -0.2) is 74.8 Å². The summed E-state index contributed by atoms with van der Waals surface area (Å²) in [5.74, 6) is 0.609. The van der Waals surface area contributed by atoms with Gasteiger partial charge in [0.2, 0.25) is 0 Å². The van der Waals surface area contributed by atoms with Gasteiger partial charge < -0.3 is 10.6 Å². The molecule has 0 aliphatic carbocycles. The molecule has 2 aliphatic heterocycles. The zero-order valence-electron chi connectivity index (χ0n) is 13.4. The summed E-state index contributed by atoms with van der Waals surface area (Å²) in [6.45, 7) is 3.39. The minimum Gasteiger partial charge on any atom is -0.329 e. The highest BCUT2D eigenvalue weighted by molar-refractivity contribution is 7.86. The van der Waals surface area contributed by atoms with Crippen molar-refractivity contribution in [2.75, 3.05) is 46.8 Å². The first kappa shape index (κ1) is 17.1. The lowest BCUT2D eigenvalue weighted by atomic mass is 9.98. The first-order valence-electron chi connectivity index (χ1n) is 8.07. The van der Waals surface area contributed by atoms with Crippen molar-refractivity contribution in [3.05, 3.63) is 0 Å². The highest BCUT2D eigenvalue weighted by Gasteiger charge is 2.37. The fourth-order valence-electron chi connectivity index (χ4n) is 3.50. The molecule has 0 amide bonds. The lowest BCUT2D eigenvalue weighted by molar-refractivity contribution is 0.196. The van der Waals surface area contributed by atoms with E-state index >= 15 is 0 Å². The van der Waals surface area contributed by atoms with E-state index in [9.17, 15) is 8.42 Å². The summed E-state index contributed by atoms with van der Waals surface area (Å²) < 4.78 is 29.0. The molecule has 2 N–H and O–H groups in total. The monoisotopic (exact) mass is 318 g/mol. The topological polar surface area (TPSA) is 69.9 Å². The maximum atomic E-state index is 12.8. The molecule has 0 saturated carbocycles. The Labute approximate surface area is 129 Å². The number of piperidine rings is 2. The fourth-order valence-corrected chi connectivity index (χ4v) is 5.40. The van der Waals surface area contributed by atoms with E-state index in [1.807, 2.05) is 0 Å².